The maximum atomic E-state index is 12.6. The molecule has 1 amide bonds. The van der Waals surface area contributed by atoms with E-state index in [1.54, 1.807) is 7.11 Å². The second-order valence-electron chi connectivity index (χ2n) is 6.70. The number of hydrogen-bond donors (Lipinski definition) is 2. The molecule has 0 radical (unpaired) electrons. The van der Waals surface area contributed by atoms with Crippen molar-refractivity contribution >= 4 is 29.9 Å². The van der Waals surface area contributed by atoms with Gasteiger partial charge in [0, 0.05) is 11.4 Å². The first kappa shape index (κ1) is 21.5. The summed E-state index contributed by atoms with van der Waals surface area (Å²) in [5, 5.41) is 7.15. The van der Waals surface area contributed by atoms with E-state index < -0.39 is 0 Å². The molecule has 0 saturated carbocycles. The Kier molecular flexibility index (Phi) is 8.42. The molecule has 2 N–H and O–H groups in total. The summed E-state index contributed by atoms with van der Waals surface area (Å²) in [7, 11) is 1.64. The number of hydrogen-bond acceptors (Lipinski definition) is 3. The summed E-state index contributed by atoms with van der Waals surface area (Å²) in [6.07, 6.45) is 2.58. The lowest BCUT2D eigenvalue weighted by atomic mass is 9.97. The number of amides is 1. The third-order valence-electron chi connectivity index (χ3n) is 4.89. The average molecular weight is 409 g/mol. The van der Waals surface area contributed by atoms with Crippen molar-refractivity contribution < 1.29 is 9.53 Å². The summed E-state index contributed by atoms with van der Waals surface area (Å²) in [5.41, 5.74) is 1.84. The van der Waals surface area contributed by atoms with Gasteiger partial charge in [0.1, 0.15) is 5.75 Å². The Bertz CT molecular complexity index is 748. The highest BCUT2D eigenvalue weighted by molar-refractivity contribution is 6.31. The SMILES string of the molecule is COc1cccc(C(NC(=O)CCC2CCNC2)c2ccccc2Cl)c1.Cl. The van der Waals surface area contributed by atoms with Crippen molar-refractivity contribution in [3.63, 3.8) is 0 Å². The Labute approximate surface area is 172 Å². The van der Waals surface area contributed by atoms with Crippen molar-refractivity contribution in [3.8, 4) is 5.75 Å². The topological polar surface area (TPSA) is 50.4 Å². The summed E-state index contributed by atoms with van der Waals surface area (Å²) in [5.74, 6) is 1.40. The second-order valence-corrected chi connectivity index (χ2v) is 7.10. The van der Waals surface area contributed by atoms with Gasteiger partial charge in [0.05, 0.1) is 13.2 Å². The molecule has 3 rings (SSSR count). The van der Waals surface area contributed by atoms with E-state index in [-0.39, 0.29) is 24.4 Å². The van der Waals surface area contributed by atoms with Gasteiger partial charge in [-0.25, -0.2) is 0 Å². The van der Waals surface area contributed by atoms with E-state index in [9.17, 15) is 4.79 Å². The molecular formula is C21H26Cl2N2O2. The van der Waals surface area contributed by atoms with Gasteiger partial charge in [-0.1, -0.05) is 41.9 Å². The first-order valence-corrected chi connectivity index (χ1v) is 9.43. The summed E-state index contributed by atoms with van der Waals surface area (Å²) < 4.78 is 5.34. The van der Waals surface area contributed by atoms with Gasteiger partial charge in [0.2, 0.25) is 5.91 Å². The maximum Gasteiger partial charge on any atom is 0.220 e. The highest BCUT2D eigenvalue weighted by atomic mass is 35.5. The average Bonchev–Trinajstić information content (AvgIpc) is 3.19. The number of ether oxygens (including phenoxy) is 1. The zero-order valence-electron chi connectivity index (χ0n) is 15.4. The van der Waals surface area contributed by atoms with Crippen LogP contribution < -0.4 is 15.4 Å². The molecule has 2 aromatic rings. The quantitative estimate of drug-likeness (QED) is 0.714. The predicted octanol–water partition coefficient (Wildman–Crippen LogP) is 4.37. The van der Waals surface area contributed by atoms with Crippen molar-refractivity contribution in [3.05, 3.63) is 64.7 Å². The minimum Gasteiger partial charge on any atom is -0.497 e. The molecule has 1 fully saturated rings. The summed E-state index contributed by atoms with van der Waals surface area (Å²) >= 11 is 6.42. The predicted molar refractivity (Wildman–Crippen MR) is 112 cm³/mol. The molecule has 2 unspecified atom stereocenters. The van der Waals surface area contributed by atoms with Gasteiger partial charge < -0.3 is 15.4 Å². The van der Waals surface area contributed by atoms with E-state index in [1.807, 2.05) is 48.5 Å². The van der Waals surface area contributed by atoms with Crippen LogP contribution in [0.4, 0.5) is 0 Å². The third-order valence-corrected chi connectivity index (χ3v) is 5.23. The van der Waals surface area contributed by atoms with Crippen LogP contribution in [0.1, 0.15) is 36.4 Å². The van der Waals surface area contributed by atoms with E-state index in [1.165, 1.54) is 0 Å². The number of benzene rings is 2. The van der Waals surface area contributed by atoms with Gasteiger partial charge in [-0.3, -0.25) is 4.79 Å². The van der Waals surface area contributed by atoms with Gasteiger partial charge in [0.15, 0.2) is 0 Å². The van der Waals surface area contributed by atoms with E-state index in [4.69, 9.17) is 16.3 Å². The van der Waals surface area contributed by atoms with Gasteiger partial charge in [-0.2, -0.15) is 0 Å². The van der Waals surface area contributed by atoms with E-state index in [2.05, 4.69) is 10.6 Å². The van der Waals surface area contributed by atoms with Gasteiger partial charge in [0.25, 0.3) is 0 Å². The highest BCUT2D eigenvalue weighted by Crippen LogP contribution is 2.30. The zero-order valence-corrected chi connectivity index (χ0v) is 17.0. The number of carbonyl (C=O) groups is 1. The zero-order chi connectivity index (χ0) is 18.4. The molecule has 1 saturated heterocycles. The molecule has 2 aromatic carbocycles. The first-order valence-electron chi connectivity index (χ1n) is 9.06. The fourth-order valence-corrected chi connectivity index (χ4v) is 3.64. The Hall–Kier alpha value is -1.75. The molecule has 4 nitrogen and oxygen atoms in total. The molecule has 0 bridgehead atoms. The van der Waals surface area contributed by atoms with Crippen LogP contribution in [0.25, 0.3) is 0 Å². The number of carbonyl (C=O) groups excluding carboxylic acids is 1. The Morgan fingerprint density at radius 3 is 2.81 bits per heavy atom. The van der Waals surface area contributed by atoms with Crippen LogP contribution in [0.2, 0.25) is 5.02 Å². The van der Waals surface area contributed by atoms with Crippen molar-refractivity contribution in [1.29, 1.82) is 0 Å². The van der Waals surface area contributed by atoms with E-state index >= 15 is 0 Å². The maximum absolute atomic E-state index is 12.6. The van der Waals surface area contributed by atoms with E-state index in [0.29, 0.717) is 17.4 Å². The smallest absolute Gasteiger partial charge is 0.220 e. The Morgan fingerprint density at radius 2 is 2.11 bits per heavy atom. The minimum atomic E-state index is -0.298. The molecular weight excluding hydrogens is 383 g/mol. The van der Waals surface area contributed by atoms with Crippen LogP contribution in [0.3, 0.4) is 0 Å². The lowest BCUT2D eigenvalue weighted by molar-refractivity contribution is -0.121. The number of rotatable bonds is 7. The summed E-state index contributed by atoms with van der Waals surface area (Å²) in [4.78, 5) is 12.6. The highest BCUT2D eigenvalue weighted by Gasteiger charge is 2.21. The second kappa shape index (κ2) is 10.5. The van der Waals surface area contributed by atoms with E-state index in [0.717, 1.165) is 42.8 Å². The molecule has 2 atom stereocenters. The molecule has 6 heteroatoms. The Balaban J connectivity index is 0.00000261. The molecule has 1 aliphatic heterocycles. The van der Waals surface area contributed by atoms with Gasteiger partial charge in [-0.15, -0.1) is 12.4 Å². The summed E-state index contributed by atoms with van der Waals surface area (Å²) in [6.45, 7) is 2.06. The monoisotopic (exact) mass is 408 g/mol. The standard InChI is InChI=1S/C21H25ClN2O2.ClH/c1-26-17-6-4-5-16(13-17)21(18-7-2-3-8-19(18)22)24-20(25)10-9-15-11-12-23-14-15;/h2-8,13,15,21,23H,9-12,14H2,1H3,(H,24,25);1H. The lowest BCUT2D eigenvalue weighted by Crippen LogP contribution is -2.30. The normalized spacial score (nSPS) is 17.0. The summed E-state index contributed by atoms with van der Waals surface area (Å²) in [6, 6.07) is 15.1. The van der Waals surface area contributed by atoms with Crippen LogP contribution >= 0.6 is 24.0 Å². The van der Waals surface area contributed by atoms with Crippen LogP contribution in [0.15, 0.2) is 48.5 Å². The van der Waals surface area contributed by atoms with Crippen LogP contribution in [-0.4, -0.2) is 26.1 Å². The molecule has 146 valence electrons. The number of nitrogens with one attached hydrogen (secondary N) is 2. The van der Waals surface area contributed by atoms with Crippen LogP contribution in [-0.2, 0) is 4.79 Å². The molecule has 0 aliphatic carbocycles. The van der Waals surface area contributed by atoms with Crippen molar-refractivity contribution in [2.75, 3.05) is 20.2 Å². The molecule has 1 heterocycles. The number of methoxy groups -OCH3 is 1. The molecule has 27 heavy (non-hydrogen) atoms. The van der Waals surface area contributed by atoms with Crippen molar-refractivity contribution in [2.24, 2.45) is 5.92 Å². The molecule has 1 aliphatic rings. The van der Waals surface area contributed by atoms with Gasteiger partial charge >= 0.3 is 0 Å². The fourth-order valence-electron chi connectivity index (χ4n) is 3.40. The number of halogens is 2. The van der Waals surface area contributed by atoms with Gasteiger partial charge in [-0.05, 0) is 61.2 Å². The molecule has 0 spiro atoms. The third kappa shape index (κ3) is 5.86. The minimum absolute atomic E-state index is 0. The Morgan fingerprint density at radius 1 is 1.30 bits per heavy atom. The van der Waals surface area contributed by atoms with Crippen molar-refractivity contribution in [2.45, 2.75) is 25.3 Å². The van der Waals surface area contributed by atoms with Crippen LogP contribution in [0.5, 0.6) is 5.75 Å². The fraction of sp³-hybridized carbons (Fsp3) is 0.381. The lowest BCUT2D eigenvalue weighted by Gasteiger charge is -2.22. The van der Waals surface area contributed by atoms with Crippen LogP contribution in [0, 0.1) is 5.92 Å². The largest absolute Gasteiger partial charge is 0.497 e. The molecule has 0 aromatic heterocycles. The van der Waals surface area contributed by atoms with Crippen molar-refractivity contribution in [1.82, 2.24) is 10.6 Å². The first-order chi connectivity index (χ1) is 12.7.